The number of carbonyl (C=O) groups is 1. The summed E-state index contributed by atoms with van der Waals surface area (Å²) in [7, 11) is 1.57. The Kier molecular flexibility index (Phi) is 14.5. The molecule has 3 rings (SSSR count). The third-order valence-electron chi connectivity index (χ3n) is 7.35. The summed E-state index contributed by atoms with van der Waals surface area (Å²) in [5.41, 5.74) is 2.31. The molecular weight excluding hydrogens is 576 g/mol. The molecule has 0 saturated heterocycles. The third kappa shape index (κ3) is 12.3. The molecule has 45 heavy (non-hydrogen) atoms. The molecule has 11 heteroatoms. The minimum absolute atomic E-state index is 0.0796. The van der Waals surface area contributed by atoms with Crippen LogP contribution >= 0.6 is 0 Å². The van der Waals surface area contributed by atoms with E-state index in [2.05, 4.69) is 21.3 Å². The first kappa shape index (κ1) is 35.8. The fraction of sp³-hybridized carbons (Fsp3) is 0.441. The Labute approximate surface area is 265 Å². The lowest BCUT2D eigenvalue weighted by molar-refractivity contribution is -0.0246. The third-order valence-corrected chi connectivity index (χ3v) is 7.35. The molecule has 11 nitrogen and oxygen atoms in total. The Morgan fingerprint density at radius 2 is 1.33 bits per heavy atom. The van der Waals surface area contributed by atoms with Gasteiger partial charge in [0.1, 0.15) is 30.9 Å². The van der Waals surface area contributed by atoms with Crippen molar-refractivity contribution >= 4 is 11.8 Å². The first-order chi connectivity index (χ1) is 21.5. The lowest BCUT2D eigenvalue weighted by Crippen LogP contribution is -2.61. The van der Waals surface area contributed by atoms with Gasteiger partial charge in [-0.2, -0.15) is 0 Å². The molecule has 0 bridgehead atoms. The van der Waals surface area contributed by atoms with E-state index in [9.17, 15) is 25.2 Å². The van der Waals surface area contributed by atoms with Crippen molar-refractivity contribution in [1.82, 2.24) is 16.0 Å². The summed E-state index contributed by atoms with van der Waals surface area (Å²) in [5.74, 6) is 0.798. The highest BCUT2D eigenvalue weighted by Crippen LogP contribution is 2.18. The maximum atomic E-state index is 12.4. The second-order valence-corrected chi connectivity index (χ2v) is 11.6. The lowest BCUT2D eigenvalue weighted by atomic mass is 9.96. The van der Waals surface area contributed by atoms with Crippen molar-refractivity contribution in [3.63, 3.8) is 0 Å². The molecule has 0 aliphatic carbocycles. The number of anilines is 1. The number of hydrogen-bond donors (Lipinski definition) is 8. The average Bonchev–Trinajstić information content (AvgIpc) is 3.03. The molecule has 3 aromatic carbocycles. The minimum atomic E-state index is -1.32. The first-order valence-electron chi connectivity index (χ1n) is 15.2. The van der Waals surface area contributed by atoms with E-state index in [1.807, 2.05) is 74.5 Å². The van der Waals surface area contributed by atoms with Gasteiger partial charge in [-0.1, -0.05) is 74.5 Å². The molecular formula is C34H48N4O7. The van der Waals surface area contributed by atoms with Crippen LogP contribution in [0.5, 0.6) is 5.75 Å². The Hall–Kier alpha value is -3.71. The number of ether oxygens (including phenoxy) is 2. The number of carbonyl (C=O) groups excluding carboxylic acids is 1. The maximum absolute atomic E-state index is 12.4. The summed E-state index contributed by atoms with van der Waals surface area (Å²) in [6.07, 6.45) is -5.13. The first-order valence-corrected chi connectivity index (χ1v) is 15.2. The van der Waals surface area contributed by atoms with Crippen molar-refractivity contribution in [2.24, 2.45) is 5.92 Å². The van der Waals surface area contributed by atoms with Crippen LogP contribution in [0, 0.1) is 5.92 Å². The van der Waals surface area contributed by atoms with Crippen LogP contribution < -0.4 is 26.0 Å². The molecule has 0 heterocycles. The van der Waals surface area contributed by atoms with E-state index >= 15 is 0 Å². The Balaban J connectivity index is 1.70. The molecule has 0 aromatic heterocycles. The summed E-state index contributed by atoms with van der Waals surface area (Å²) in [6, 6.07) is 23.3. The van der Waals surface area contributed by atoms with E-state index in [1.54, 1.807) is 38.3 Å². The van der Waals surface area contributed by atoms with Crippen LogP contribution in [0.2, 0.25) is 0 Å². The van der Waals surface area contributed by atoms with Gasteiger partial charge in [-0.05, 0) is 61.1 Å². The van der Waals surface area contributed by atoms with Crippen LogP contribution in [-0.2, 0) is 17.8 Å². The van der Waals surface area contributed by atoms with E-state index in [4.69, 9.17) is 9.47 Å². The van der Waals surface area contributed by atoms with Gasteiger partial charge in [0.05, 0.1) is 19.2 Å². The number of para-hydroxylation sites is 1. The van der Waals surface area contributed by atoms with Gasteiger partial charge in [-0.25, -0.2) is 4.79 Å². The maximum Gasteiger partial charge on any atom is 0.407 e. The molecule has 246 valence electrons. The van der Waals surface area contributed by atoms with Gasteiger partial charge in [0.2, 0.25) is 0 Å². The molecule has 0 radical (unpaired) electrons. The van der Waals surface area contributed by atoms with E-state index in [-0.39, 0.29) is 18.9 Å². The zero-order valence-corrected chi connectivity index (χ0v) is 26.3. The predicted molar refractivity (Wildman–Crippen MR) is 173 cm³/mol. The number of amides is 1. The molecule has 0 aliphatic rings. The van der Waals surface area contributed by atoms with E-state index in [1.165, 1.54) is 0 Å². The standard InChI is InChI=1S/C34H48N4O7/c1-22(2)19-28(30(39)33(42)36-26-13-9-6-10-14-26)37-32(41)29(20-24-15-17-27(44-4)18-16-24)38-31(40)23(3)35-34(43)45-21-25-11-7-5-8-12-25/h5-18,22-23,28-33,36-42H,19-21H2,1-4H3,(H,35,43)/t23-,28-,29-,30-,31-,32-,33-/m0/s1. The number of methoxy groups -OCH3 is 1. The van der Waals surface area contributed by atoms with Crippen molar-refractivity contribution in [3.05, 3.63) is 96.1 Å². The number of hydrogen-bond acceptors (Lipinski definition) is 10. The number of benzene rings is 3. The van der Waals surface area contributed by atoms with Crippen LogP contribution in [0.3, 0.4) is 0 Å². The largest absolute Gasteiger partial charge is 0.497 e. The van der Waals surface area contributed by atoms with E-state index in [0.29, 0.717) is 17.9 Å². The highest BCUT2D eigenvalue weighted by atomic mass is 16.5. The van der Waals surface area contributed by atoms with Crippen LogP contribution in [0.25, 0.3) is 0 Å². The second kappa shape index (κ2) is 18.3. The van der Waals surface area contributed by atoms with Crippen LogP contribution in [0.1, 0.15) is 38.3 Å². The summed E-state index contributed by atoms with van der Waals surface area (Å²) in [5, 5.41) is 56.1. The van der Waals surface area contributed by atoms with Crippen molar-refractivity contribution in [2.75, 3.05) is 12.4 Å². The molecule has 7 atom stereocenters. The van der Waals surface area contributed by atoms with Crippen LogP contribution in [0.4, 0.5) is 10.5 Å². The number of aliphatic hydroxyl groups is 4. The summed E-state index contributed by atoms with van der Waals surface area (Å²) < 4.78 is 10.5. The van der Waals surface area contributed by atoms with Crippen molar-refractivity contribution in [3.8, 4) is 5.75 Å². The van der Waals surface area contributed by atoms with Crippen molar-refractivity contribution in [2.45, 2.75) is 83.1 Å². The van der Waals surface area contributed by atoms with Crippen molar-refractivity contribution < 1.29 is 34.7 Å². The van der Waals surface area contributed by atoms with E-state index < -0.39 is 49.0 Å². The molecule has 0 saturated carbocycles. The average molecular weight is 625 g/mol. The monoisotopic (exact) mass is 624 g/mol. The molecule has 0 spiro atoms. The van der Waals surface area contributed by atoms with Gasteiger partial charge in [-0.3, -0.25) is 10.6 Å². The zero-order chi connectivity index (χ0) is 32.8. The molecule has 0 unspecified atom stereocenters. The van der Waals surface area contributed by atoms with Gasteiger partial charge in [0, 0.05) is 11.7 Å². The highest BCUT2D eigenvalue weighted by molar-refractivity contribution is 5.67. The van der Waals surface area contributed by atoms with Gasteiger partial charge in [0.15, 0.2) is 6.23 Å². The van der Waals surface area contributed by atoms with E-state index in [0.717, 1.165) is 11.1 Å². The Bertz CT molecular complexity index is 1250. The quantitative estimate of drug-likeness (QED) is 0.0987. The van der Waals surface area contributed by atoms with Gasteiger partial charge < -0.3 is 40.5 Å². The van der Waals surface area contributed by atoms with Crippen LogP contribution in [-0.4, -0.2) is 76.5 Å². The Morgan fingerprint density at radius 3 is 1.93 bits per heavy atom. The number of aliphatic hydroxyl groups excluding tert-OH is 4. The number of rotatable bonds is 18. The highest BCUT2D eigenvalue weighted by Gasteiger charge is 2.32. The normalized spacial score (nSPS) is 16.1. The van der Waals surface area contributed by atoms with Gasteiger partial charge in [0.25, 0.3) is 0 Å². The molecule has 0 aliphatic heterocycles. The summed E-state index contributed by atoms with van der Waals surface area (Å²) in [6.45, 7) is 5.65. The molecule has 3 aromatic rings. The summed E-state index contributed by atoms with van der Waals surface area (Å²) >= 11 is 0. The second-order valence-electron chi connectivity index (χ2n) is 11.6. The summed E-state index contributed by atoms with van der Waals surface area (Å²) in [4.78, 5) is 12.4. The minimum Gasteiger partial charge on any atom is -0.497 e. The number of alkyl carbamates (subject to hydrolysis) is 1. The fourth-order valence-electron chi connectivity index (χ4n) is 4.83. The topological polar surface area (TPSA) is 165 Å². The fourth-order valence-corrected chi connectivity index (χ4v) is 4.83. The van der Waals surface area contributed by atoms with Gasteiger partial charge in [-0.15, -0.1) is 0 Å². The molecule has 8 N–H and O–H groups in total. The van der Waals surface area contributed by atoms with Crippen LogP contribution in [0.15, 0.2) is 84.9 Å². The predicted octanol–water partition coefficient (Wildman–Crippen LogP) is 2.94. The Morgan fingerprint density at radius 1 is 0.733 bits per heavy atom. The van der Waals surface area contributed by atoms with Gasteiger partial charge >= 0.3 is 6.09 Å². The molecule has 0 fully saturated rings. The SMILES string of the molecule is COc1ccc(C[C@H](N[C@@H](O)[C@H](C)NC(=O)OCc2ccccc2)[C@H](O)N[C@@H](CC(C)C)[C@H](O)[C@H](O)Nc2ccccc2)cc1. The smallest absolute Gasteiger partial charge is 0.407 e. The lowest BCUT2D eigenvalue weighted by Gasteiger charge is -2.35. The van der Waals surface area contributed by atoms with Crippen molar-refractivity contribution in [1.29, 1.82) is 0 Å². The molecule has 1 amide bonds. The number of nitrogens with one attached hydrogen (secondary N) is 4. The zero-order valence-electron chi connectivity index (χ0n) is 26.3.